The monoisotopic (exact) mass is 124 g/mol. The van der Waals surface area contributed by atoms with Crippen LogP contribution in [0.2, 0.25) is 0 Å². The van der Waals surface area contributed by atoms with Gasteiger partial charge < -0.3 is 5.73 Å². The van der Waals surface area contributed by atoms with Crippen LogP contribution in [-0.4, -0.2) is 0 Å². The molecule has 2 N–H and O–H groups in total. The van der Waals surface area contributed by atoms with E-state index in [1.54, 1.807) is 0 Å². The smallest absolute Gasteiger partial charge is 0.0965 e. The van der Waals surface area contributed by atoms with Crippen molar-refractivity contribution in [2.75, 3.05) is 0 Å². The van der Waals surface area contributed by atoms with E-state index in [0.717, 1.165) is 24.1 Å². The van der Waals surface area contributed by atoms with E-state index in [2.05, 4.69) is 6.07 Å². The van der Waals surface area contributed by atoms with E-state index in [1.165, 1.54) is 0 Å². The molecule has 2 heteroatoms. The van der Waals surface area contributed by atoms with Crippen LogP contribution in [0, 0.1) is 11.3 Å². The second-order valence-corrected chi connectivity index (χ2v) is 1.82. The molecule has 0 heterocycles. The first kappa shape index (κ1) is 8.03. The molecule has 0 saturated carbocycles. The van der Waals surface area contributed by atoms with E-state index in [1.807, 2.05) is 13.8 Å². The van der Waals surface area contributed by atoms with Crippen molar-refractivity contribution in [3.05, 3.63) is 11.3 Å². The average molecular weight is 124 g/mol. The first-order valence-electron chi connectivity index (χ1n) is 3.13. The van der Waals surface area contributed by atoms with Gasteiger partial charge >= 0.3 is 0 Å². The molecule has 0 saturated heterocycles. The van der Waals surface area contributed by atoms with E-state index in [-0.39, 0.29) is 0 Å². The Kier molecular flexibility index (Phi) is 3.54. The first-order valence-corrected chi connectivity index (χ1v) is 3.13. The van der Waals surface area contributed by atoms with Gasteiger partial charge in [0.25, 0.3) is 0 Å². The van der Waals surface area contributed by atoms with Crippen LogP contribution in [0.5, 0.6) is 0 Å². The molecule has 0 aliphatic carbocycles. The highest BCUT2D eigenvalue weighted by Gasteiger charge is 1.95. The largest absolute Gasteiger partial charge is 0.401 e. The van der Waals surface area contributed by atoms with Crippen LogP contribution in [0.4, 0.5) is 0 Å². The second-order valence-electron chi connectivity index (χ2n) is 1.82. The van der Waals surface area contributed by atoms with Crippen LogP contribution in [0.3, 0.4) is 0 Å². The van der Waals surface area contributed by atoms with Crippen LogP contribution >= 0.6 is 0 Å². The molecular formula is C7H12N2. The van der Waals surface area contributed by atoms with Crippen molar-refractivity contribution in [3.8, 4) is 6.07 Å². The van der Waals surface area contributed by atoms with Gasteiger partial charge in [-0.25, -0.2) is 0 Å². The number of allylic oxidation sites excluding steroid dienone is 2. The molecule has 0 aromatic carbocycles. The molecule has 50 valence electrons. The van der Waals surface area contributed by atoms with Crippen LogP contribution in [0.25, 0.3) is 0 Å². The van der Waals surface area contributed by atoms with Crippen LogP contribution in [-0.2, 0) is 0 Å². The van der Waals surface area contributed by atoms with Gasteiger partial charge in [-0.15, -0.1) is 0 Å². The van der Waals surface area contributed by atoms with Crippen LogP contribution < -0.4 is 5.73 Å². The Hall–Kier alpha value is -0.970. The third-order valence-corrected chi connectivity index (χ3v) is 1.26. The van der Waals surface area contributed by atoms with Crippen molar-refractivity contribution in [2.24, 2.45) is 5.73 Å². The fraction of sp³-hybridized carbons (Fsp3) is 0.571. The average Bonchev–Trinajstić information content (AvgIpc) is 1.90. The lowest BCUT2D eigenvalue weighted by atomic mass is 10.1. The first-order chi connectivity index (χ1) is 4.26. The Morgan fingerprint density at radius 1 is 1.44 bits per heavy atom. The van der Waals surface area contributed by atoms with Crippen molar-refractivity contribution in [3.63, 3.8) is 0 Å². The normalized spacial score (nSPS) is 12.1. The van der Waals surface area contributed by atoms with Gasteiger partial charge in [0.15, 0.2) is 0 Å². The zero-order valence-corrected chi connectivity index (χ0v) is 5.94. The van der Waals surface area contributed by atoms with Gasteiger partial charge in [0.2, 0.25) is 0 Å². The van der Waals surface area contributed by atoms with E-state index in [9.17, 15) is 0 Å². The maximum Gasteiger partial charge on any atom is 0.0965 e. The summed E-state index contributed by atoms with van der Waals surface area (Å²) in [6.45, 7) is 3.88. The minimum atomic E-state index is 0.720. The van der Waals surface area contributed by atoms with Gasteiger partial charge in [-0.2, -0.15) is 5.26 Å². The topological polar surface area (TPSA) is 49.8 Å². The van der Waals surface area contributed by atoms with Gasteiger partial charge in [-0.3, -0.25) is 0 Å². The fourth-order valence-corrected chi connectivity index (χ4v) is 0.591. The molecule has 0 rings (SSSR count). The zero-order valence-electron chi connectivity index (χ0n) is 5.94. The summed E-state index contributed by atoms with van der Waals surface area (Å²) in [5.74, 6) is 0. The maximum absolute atomic E-state index is 8.44. The molecule has 0 unspecified atom stereocenters. The molecule has 0 aromatic heterocycles. The molecule has 0 amide bonds. The number of hydrogen-bond acceptors (Lipinski definition) is 2. The second kappa shape index (κ2) is 3.96. The molecule has 0 spiro atoms. The van der Waals surface area contributed by atoms with Gasteiger partial charge in [0.05, 0.1) is 6.07 Å². The van der Waals surface area contributed by atoms with E-state index < -0.39 is 0 Å². The molecule has 2 nitrogen and oxygen atoms in total. The third-order valence-electron chi connectivity index (χ3n) is 1.26. The molecular weight excluding hydrogens is 112 g/mol. The third kappa shape index (κ3) is 2.18. The van der Waals surface area contributed by atoms with Crippen molar-refractivity contribution in [1.82, 2.24) is 0 Å². The summed E-state index contributed by atoms with van der Waals surface area (Å²) in [5, 5.41) is 8.44. The molecule has 0 bridgehead atoms. The lowest BCUT2D eigenvalue weighted by molar-refractivity contribution is 0.997. The Morgan fingerprint density at radius 3 is 2.11 bits per heavy atom. The predicted octanol–water partition coefficient (Wildman–Crippen LogP) is 1.54. The number of hydrogen-bond donors (Lipinski definition) is 1. The summed E-state index contributed by atoms with van der Waals surface area (Å²) in [6, 6.07) is 2.06. The molecule has 0 aliphatic rings. The molecule has 0 radical (unpaired) electrons. The summed E-state index contributed by atoms with van der Waals surface area (Å²) in [5.41, 5.74) is 6.94. The minimum Gasteiger partial charge on any atom is -0.401 e. The van der Waals surface area contributed by atoms with Gasteiger partial charge in [0, 0.05) is 11.3 Å². The van der Waals surface area contributed by atoms with Gasteiger partial charge in [-0.1, -0.05) is 13.8 Å². The predicted molar refractivity (Wildman–Crippen MR) is 37.4 cm³/mol. The van der Waals surface area contributed by atoms with E-state index in [0.29, 0.717) is 0 Å². The molecule has 0 aliphatic heterocycles. The van der Waals surface area contributed by atoms with Crippen molar-refractivity contribution in [1.29, 1.82) is 5.26 Å². The summed E-state index contributed by atoms with van der Waals surface area (Å²) in [7, 11) is 0. The zero-order chi connectivity index (χ0) is 7.28. The maximum atomic E-state index is 8.44. The fourth-order valence-electron chi connectivity index (χ4n) is 0.591. The SMILES string of the molecule is CC/C(N)=C(/C#N)CC. The Balaban J connectivity index is 4.24. The highest BCUT2D eigenvalue weighted by Crippen LogP contribution is 2.04. The molecule has 9 heavy (non-hydrogen) atoms. The quantitative estimate of drug-likeness (QED) is 0.568. The van der Waals surface area contributed by atoms with E-state index in [4.69, 9.17) is 11.0 Å². The van der Waals surface area contributed by atoms with E-state index >= 15 is 0 Å². The number of nitrogens with two attached hydrogens (primary N) is 1. The van der Waals surface area contributed by atoms with Crippen LogP contribution in [0.1, 0.15) is 26.7 Å². The Bertz CT molecular complexity index is 151. The summed E-state index contributed by atoms with van der Waals surface area (Å²) in [4.78, 5) is 0. The summed E-state index contributed by atoms with van der Waals surface area (Å²) >= 11 is 0. The van der Waals surface area contributed by atoms with Crippen LogP contribution in [0.15, 0.2) is 11.3 Å². The Morgan fingerprint density at radius 2 is 2.00 bits per heavy atom. The standard InChI is InChI=1S/C7H12N2/c1-3-6(5-8)7(9)4-2/h3-4,9H2,1-2H3/b7-6-. The lowest BCUT2D eigenvalue weighted by Crippen LogP contribution is -1.99. The van der Waals surface area contributed by atoms with Gasteiger partial charge in [-0.05, 0) is 12.8 Å². The van der Waals surface area contributed by atoms with Crippen molar-refractivity contribution in [2.45, 2.75) is 26.7 Å². The minimum absolute atomic E-state index is 0.720. The Labute approximate surface area is 56.0 Å². The number of nitriles is 1. The highest BCUT2D eigenvalue weighted by atomic mass is 14.6. The number of rotatable bonds is 2. The summed E-state index contributed by atoms with van der Waals surface area (Å²) < 4.78 is 0. The molecule has 0 fully saturated rings. The lowest BCUT2D eigenvalue weighted by Gasteiger charge is -1.96. The number of nitrogens with zero attached hydrogens (tertiary/aromatic N) is 1. The molecule has 0 atom stereocenters. The highest BCUT2D eigenvalue weighted by molar-refractivity contribution is 5.25. The molecule has 0 aromatic rings. The van der Waals surface area contributed by atoms with Gasteiger partial charge in [0.1, 0.15) is 0 Å². The van der Waals surface area contributed by atoms with Crippen molar-refractivity contribution < 1.29 is 0 Å². The summed E-state index contributed by atoms with van der Waals surface area (Å²) in [6.07, 6.45) is 1.52. The van der Waals surface area contributed by atoms with Crippen molar-refractivity contribution >= 4 is 0 Å².